The highest BCUT2D eigenvalue weighted by Crippen LogP contribution is 2.25. The lowest BCUT2D eigenvalue weighted by atomic mass is 9.95. The minimum absolute atomic E-state index is 0. The van der Waals surface area contributed by atoms with Crippen LogP contribution in [0.2, 0.25) is 0 Å². The van der Waals surface area contributed by atoms with Gasteiger partial charge in [0, 0.05) is 12.1 Å². The largest absolute Gasteiger partial charge is 0.488 e. The Balaban J connectivity index is 0.00000192. The third-order valence-corrected chi connectivity index (χ3v) is 4.43. The van der Waals surface area contributed by atoms with Crippen LogP contribution < -0.4 is 15.4 Å². The van der Waals surface area contributed by atoms with Crippen LogP contribution in [-0.4, -0.2) is 36.3 Å². The van der Waals surface area contributed by atoms with Gasteiger partial charge in [-0.1, -0.05) is 6.42 Å². The Kier molecular flexibility index (Phi) is 6.69. The molecule has 0 bridgehead atoms. The van der Waals surface area contributed by atoms with Crippen molar-refractivity contribution in [1.82, 2.24) is 5.32 Å². The van der Waals surface area contributed by atoms with Gasteiger partial charge in [-0.05, 0) is 62.5 Å². The Morgan fingerprint density at radius 3 is 2.52 bits per heavy atom. The number of carbonyl (C=O) groups is 1. The molecule has 2 atom stereocenters. The summed E-state index contributed by atoms with van der Waals surface area (Å²) in [5, 5.41) is 16.0. The zero-order valence-corrected chi connectivity index (χ0v) is 14.0. The summed E-state index contributed by atoms with van der Waals surface area (Å²) < 4.78 is 5.85. The van der Waals surface area contributed by atoms with Crippen molar-refractivity contribution < 1.29 is 14.6 Å². The molecule has 1 aliphatic carbocycles. The van der Waals surface area contributed by atoms with Gasteiger partial charge in [-0.15, -0.1) is 12.4 Å². The van der Waals surface area contributed by atoms with E-state index in [2.05, 4.69) is 10.6 Å². The summed E-state index contributed by atoms with van der Waals surface area (Å²) in [6, 6.07) is 7.40. The van der Waals surface area contributed by atoms with E-state index in [0.717, 1.165) is 50.2 Å². The first-order valence-electron chi connectivity index (χ1n) is 8.16. The van der Waals surface area contributed by atoms with Crippen molar-refractivity contribution in [1.29, 1.82) is 0 Å². The molecule has 1 aliphatic heterocycles. The molecule has 23 heavy (non-hydrogen) atoms. The predicted octanol–water partition coefficient (Wildman–Crippen LogP) is 2.34. The molecule has 1 saturated carbocycles. The number of ether oxygens (including phenoxy) is 1. The number of nitrogens with one attached hydrogen (secondary N) is 2. The van der Waals surface area contributed by atoms with Crippen LogP contribution in [0.5, 0.6) is 5.75 Å². The molecular formula is C17H25ClN2O3. The molecule has 1 saturated heterocycles. The number of anilines is 1. The lowest BCUT2D eigenvalue weighted by Gasteiger charge is -2.28. The van der Waals surface area contributed by atoms with Crippen LogP contribution in [0.4, 0.5) is 5.69 Å². The van der Waals surface area contributed by atoms with Gasteiger partial charge in [-0.3, -0.25) is 4.79 Å². The van der Waals surface area contributed by atoms with Crippen molar-refractivity contribution in [2.24, 2.45) is 5.92 Å². The van der Waals surface area contributed by atoms with E-state index in [0.29, 0.717) is 12.3 Å². The first-order chi connectivity index (χ1) is 10.7. The van der Waals surface area contributed by atoms with Crippen molar-refractivity contribution in [3.05, 3.63) is 24.3 Å². The molecule has 1 heterocycles. The number of hydrogen-bond donors (Lipinski definition) is 3. The molecule has 1 aromatic rings. The number of rotatable bonds is 5. The van der Waals surface area contributed by atoms with Gasteiger partial charge in [0.15, 0.2) is 0 Å². The van der Waals surface area contributed by atoms with E-state index >= 15 is 0 Å². The van der Waals surface area contributed by atoms with Crippen LogP contribution in [0, 0.1) is 5.92 Å². The summed E-state index contributed by atoms with van der Waals surface area (Å²) in [5.74, 6) is 1.27. The maximum Gasteiger partial charge on any atom is 0.224 e. The second kappa shape index (κ2) is 8.52. The molecule has 5 nitrogen and oxygen atoms in total. The molecule has 0 aromatic heterocycles. The molecule has 0 spiro atoms. The molecule has 2 fully saturated rings. The molecular weight excluding hydrogens is 316 g/mol. The van der Waals surface area contributed by atoms with Crippen LogP contribution in [-0.2, 0) is 4.79 Å². The average Bonchev–Trinajstić information content (AvgIpc) is 2.47. The molecule has 0 radical (unpaired) electrons. The van der Waals surface area contributed by atoms with E-state index in [1.807, 2.05) is 24.3 Å². The number of hydrogen-bond acceptors (Lipinski definition) is 4. The summed E-state index contributed by atoms with van der Waals surface area (Å²) in [7, 11) is 0. The van der Waals surface area contributed by atoms with Gasteiger partial charge < -0.3 is 20.5 Å². The third-order valence-electron chi connectivity index (χ3n) is 4.43. The second-order valence-electron chi connectivity index (χ2n) is 6.31. The Labute approximate surface area is 143 Å². The summed E-state index contributed by atoms with van der Waals surface area (Å²) in [5.41, 5.74) is 0.786. The first kappa shape index (κ1) is 18.0. The fourth-order valence-corrected chi connectivity index (χ4v) is 2.97. The normalized spacial score (nSPS) is 24.2. The standard InChI is InChI=1S/C17H24N2O3.ClH/c20-15-3-1-2-4-16(15)22-14-7-5-13(6-8-14)19-17(21)9-12-10-18-11-12;/h5-8,12,15-16,18,20H,1-4,9-11H2,(H,19,21);1H. The van der Waals surface area contributed by atoms with Gasteiger partial charge in [0.2, 0.25) is 5.91 Å². The Bertz CT molecular complexity index is 505. The van der Waals surface area contributed by atoms with E-state index in [4.69, 9.17) is 4.74 Å². The highest BCUT2D eigenvalue weighted by Gasteiger charge is 2.24. The molecule has 3 N–H and O–H groups in total. The van der Waals surface area contributed by atoms with Gasteiger partial charge in [-0.2, -0.15) is 0 Å². The first-order valence-corrected chi connectivity index (χ1v) is 8.16. The van der Waals surface area contributed by atoms with Gasteiger partial charge >= 0.3 is 0 Å². The van der Waals surface area contributed by atoms with Crippen molar-refractivity contribution in [2.75, 3.05) is 18.4 Å². The number of aliphatic hydroxyl groups excluding tert-OH is 1. The van der Waals surface area contributed by atoms with Crippen LogP contribution in [0.15, 0.2) is 24.3 Å². The second-order valence-corrected chi connectivity index (χ2v) is 6.31. The number of benzene rings is 1. The number of aliphatic hydroxyl groups is 1. The summed E-state index contributed by atoms with van der Waals surface area (Å²) in [4.78, 5) is 11.9. The molecule has 2 unspecified atom stereocenters. The van der Waals surface area contributed by atoms with E-state index in [-0.39, 0.29) is 30.5 Å². The molecule has 1 aromatic carbocycles. The fourth-order valence-electron chi connectivity index (χ4n) is 2.97. The Morgan fingerprint density at radius 2 is 1.91 bits per heavy atom. The van der Waals surface area contributed by atoms with E-state index in [9.17, 15) is 9.90 Å². The summed E-state index contributed by atoms with van der Waals surface area (Å²) in [6.07, 6.45) is 3.97. The minimum Gasteiger partial charge on any atom is -0.488 e. The van der Waals surface area contributed by atoms with Crippen LogP contribution in [0.1, 0.15) is 32.1 Å². The predicted molar refractivity (Wildman–Crippen MR) is 92.2 cm³/mol. The Morgan fingerprint density at radius 1 is 1.22 bits per heavy atom. The topological polar surface area (TPSA) is 70.6 Å². The van der Waals surface area contributed by atoms with E-state index < -0.39 is 0 Å². The monoisotopic (exact) mass is 340 g/mol. The fraction of sp³-hybridized carbons (Fsp3) is 0.588. The van der Waals surface area contributed by atoms with Crippen LogP contribution in [0.3, 0.4) is 0 Å². The van der Waals surface area contributed by atoms with Crippen LogP contribution in [0.25, 0.3) is 0 Å². The highest BCUT2D eigenvalue weighted by atomic mass is 35.5. The van der Waals surface area contributed by atoms with Gasteiger partial charge in [0.25, 0.3) is 0 Å². The lowest BCUT2D eigenvalue weighted by Crippen LogP contribution is -2.43. The smallest absolute Gasteiger partial charge is 0.224 e. The molecule has 128 valence electrons. The van der Waals surface area contributed by atoms with Crippen molar-refractivity contribution in [3.63, 3.8) is 0 Å². The molecule has 6 heteroatoms. The number of halogens is 1. The molecule has 2 aliphatic rings. The van der Waals surface area contributed by atoms with Gasteiger partial charge in [0.1, 0.15) is 11.9 Å². The van der Waals surface area contributed by atoms with E-state index in [1.54, 1.807) is 0 Å². The summed E-state index contributed by atoms with van der Waals surface area (Å²) in [6.45, 7) is 1.87. The van der Waals surface area contributed by atoms with Crippen LogP contribution >= 0.6 is 12.4 Å². The lowest BCUT2D eigenvalue weighted by molar-refractivity contribution is -0.117. The zero-order chi connectivity index (χ0) is 15.4. The van der Waals surface area contributed by atoms with Gasteiger partial charge in [0.05, 0.1) is 6.10 Å². The number of amides is 1. The van der Waals surface area contributed by atoms with Gasteiger partial charge in [-0.25, -0.2) is 0 Å². The average molecular weight is 341 g/mol. The van der Waals surface area contributed by atoms with Crippen molar-refractivity contribution in [2.45, 2.75) is 44.3 Å². The SMILES string of the molecule is Cl.O=C(CC1CNC1)Nc1ccc(OC2CCCCC2O)cc1. The molecule has 1 amide bonds. The quantitative estimate of drug-likeness (QED) is 0.769. The number of carbonyl (C=O) groups excluding carboxylic acids is 1. The minimum atomic E-state index is -0.371. The highest BCUT2D eigenvalue weighted by molar-refractivity contribution is 5.91. The molecule has 3 rings (SSSR count). The maximum absolute atomic E-state index is 11.9. The maximum atomic E-state index is 11.9. The van der Waals surface area contributed by atoms with Crippen molar-refractivity contribution >= 4 is 24.0 Å². The third kappa shape index (κ3) is 5.09. The Hall–Kier alpha value is -1.30. The zero-order valence-electron chi connectivity index (χ0n) is 13.2. The van der Waals surface area contributed by atoms with Crippen molar-refractivity contribution in [3.8, 4) is 5.75 Å². The van der Waals surface area contributed by atoms with E-state index in [1.165, 1.54) is 0 Å². The summed E-state index contributed by atoms with van der Waals surface area (Å²) >= 11 is 0.